The van der Waals surface area contributed by atoms with Crippen molar-refractivity contribution in [3.63, 3.8) is 0 Å². The fourth-order valence-corrected chi connectivity index (χ4v) is 8.24. The molecule has 1 aliphatic heterocycles. The highest BCUT2D eigenvalue weighted by Gasteiger charge is 2.35. The molecule has 0 unspecified atom stereocenters. The lowest BCUT2D eigenvalue weighted by molar-refractivity contribution is -0.135. The molecule has 22 heteroatoms. The van der Waals surface area contributed by atoms with Crippen LogP contribution in [0.25, 0.3) is 10.9 Å². The van der Waals surface area contributed by atoms with E-state index in [9.17, 15) is 43.2 Å². The number of fused-ring (bicyclic) bond motifs is 1. The molecular formula is C49H71N13O9. The molecule has 0 spiro atoms. The zero-order valence-corrected chi connectivity index (χ0v) is 40.6. The van der Waals surface area contributed by atoms with E-state index in [4.69, 9.17) is 22.9 Å². The van der Waals surface area contributed by atoms with E-state index in [1.165, 1.54) is 6.92 Å². The zero-order valence-electron chi connectivity index (χ0n) is 40.6. The lowest BCUT2D eigenvalue weighted by atomic mass is 9.92. The number of nitrogens with one attached hydrogen (secondary N) is 8. The molecule has 8 amide bonds. The molecule has 386 valence electrons. The fourth-order valence-electron chi connectivity index (χ4n) is 8.24. The van der Waals surface area contributed by atoms with Gasteiger partial charge in [-0.25, -0.2) is 0 Å². The number of nitrogens with two attached hydrogens (primary N) is 4. The van der Waals surface area contributed by atoms with Gasteiger partial charge in [-0.15, -0.1) is 0 Å². The van der Waals surface area contributed by atoms with Crippen molar-refractivity contribution in [1.82, 2.24) is 42.2 Å². The van der Waals surface area contributed by atoms with E-state index in [-0.39, 0.29) is 89.8 Å². The zero-order chi connectivity index (χ0) is 51.9. The lowest BCUT2D eigenvalue weighted by Gasteiger charge is -2.27. The van der Waals surface area contributed by atoms with Crippen LogP contribution in [-0.4, -0.2) is 120 Å². The Morgan fingerprint density at radius 3 is 2.15 bits per heavy atom. The van der Waals surface area contributed by atoms with Crippen LogP contribution in [0.15, 0.2) is 65.8 Å². The first-order valence-electron chi connectivity index (χ1n) is 24.2. The molecule has 22 nitrogen and oxygen atoms in total. The molecule has 3 aromatic rings. The highest BCUT2D eigenvalue weighted by molar-refractivity contribution is 5.98. The van der Waals surface area contributed by atoms with Crippen molar-refractivity contribution in [3.05, 3.63) is 71.9 Å². The number of Topliss-reactive ketones (excluding diaryl/α,β-unsaturated/α-hetero) is 1. The van der Waals surface area contributed by atoms with E-state index < -0.39 is 102 Å². The maximum Gasteiger partial charge on any atom is 0.243 e. The summed E-state index contributed by atoms with van der Waals surface area (Å²) in [5.74, 6) is -7.57. The number of guanidine groups is 1. The summed E-state index contributed by atoms with van der Waals surface area (Å²) >= 11 is 0. The molecule has 1 aliphatic rings. The smallest absolute Gasteiger partial charge is 0.243 e. The summed E-state index contributed by atoms with van der Waals surface area (Å²) in [4.78, 5) is 131. The van der Waals surface area contributed by atoms with Crippen LogP contribution < -0.4 is 60.2 Å². The number of para-hydroxylation sites is 1. The van der Waals surface area contributed by atoms with Gasteiger partial charge in [0.05, 0.1) is 6.04 Å². The number of hydrogen-bond donors (Lipinski definition) is 12. The molecule has 4 rings (SSSR count). The number of hydrogen-bond acceptors (Lipinski definition) is 11. The number of rotatable bonds is 20. The Morgan fingerprint density at radius 1 is 0.789 bits per heavy atom. The molecule has 0 aliphatic carbocycles. The average molecular weight is 986 g/mol. The quantitative estimate of drug-likeness (QED) is 0.0377. The summed E-state index contributed by atoms with van der Waals surface area (Å²) in [6.07, 6.45) is 2.56. The van der Waals surface area contributed by atoms with Crippen LogP contribution in [0.1, 0.15) is 95.6 Å². The third-order valence-electron chi connectivity index (χ3n) is 12.1. The first kappa shape index (κ1) is 56.2. The molecule has 16 N–H and O–H groups in total. The number of aromatic nitrogens is 1. The normalized spacial score (nSPS) is 20.5. The Bertz CT molecular complexity index is 2340. The van der Waals surface area contributed by atoms with Crippen LogP contribution in [0, 0.1) is 5.92 Å². The van der Waals surface area contributed by atoms with Crippen LogP contribution in [0.4, 0.5) is 0 Å². The van der Waals surface area contributed by atoms with Gasteiger partial charge in [0.15, 0.2) is 11.7 Å². The van der Waals surface area contributed by atoms with Crippen molar-refractivity contribution in [2.75, 3.05) is 19.6 Å². The maximum atomic E-state index is 14.5. The molecule has 0 radical (unpaired) electrons. The molecule has 2 aromatic carbocycles. The predicted octanol–water partition coefficient (Wildman–Crippen LogP) is -0.775. The van der Waals surface area contributed by atoms with E-state index in [1.807, 2.05) is 31.2 Å². The van der Waals surface area contributed by atoms with Crippen LogP contribution in [0.5, 0.6) is 0 Å². The molecule has 1 aromatic heterocycles. The molecule has 0 bridgehead atoms. The topological polar surface area (TPSA) is 370 Å². The van der Waals surface area contributed by atoms with Gasteiger partial charge in [0.1, 0.15) is 30.2 Å². The minimum Gasteiger partial charge on any atom is -0.370 e. The summed E-state index contributed by atoms with van der Waals surface area (Å²) in [7, 11) is 0. The molecule has 0 saturated carbocycles. The van der Waals surface area contributed by atoms with Crippen molar-refractivity contribution < 1.29 is 43.2 Å². The summed E-state index contributed by atoms with van der Waals surface area (Å²) in [6, 6.07) is 8.72. The first-order chi connectivity index (χ1) is 34.0. The molecular weight excluding hydrogens is 915 g/mol. The van der Waals surface area contributed by atoms with Crippen LogP contribution in [0.2, 0.25) is 0 Å². The largest absolute Gasteiger partial charge is 0.370 e. The molecule has 2 heterocycles. The van der Waals surface area contributed by atoms with Gasteiger partial charge in [-0.1, -0.05) is 68.3 Å². The van der Waals surface area contributed by atoms with Gasteiger partial charge in [-0.05, 0) is 68.7 Å². The van der Waals surface area contributed by atoms with E-state index in [0.29, 0.717) is 24.0 Å². The summed E-state index contributed by atoms with van der Waals surface area (Å²) in [5.41, 5.74) is 24.9. The number of carbonyl (C=O) groups is 9. The predicted molar refractivity (Wildman–Crippen MR) is 266 cm³/mol. The number of ketones is 1. The summed E-state index contributed by atoms with van der Waals surface area (Å²) < 4.78 is 0. The van der Waals surface area contributed by atoms with Crippen molar-refractivity contribution in [3.8, 4) is 0 Å². The van der Waals surface area contributed by atoms with Crippen LogP contribution >= 0.6 is 0 Å². The lowest BCUT2D eigenvalue weighted by Crippen LogP contribution is -2.59. The van der Waals surface area contributed by atoms with Gasteiger partial charge in [0.25, 0.3) is 0 Å². The van der Waals surface area contributed by atoms with Crippen molar-refractivity contribution >= 4 is 69.9 Å². The van der Waals surface area contributed by atoms with Gasteiger partial charge in [0.2, 0.25) is 47.3 Å². The van der Waals surface area contributed by atoms with Crippen LogP contribution in [0.3, 0.4) is 0 Å². The average Bonchev–Trinajstić information content (AvgIpc) is 3.74. The number of nitrogens with zero attached hydrogens (tertiary/aromatic N) is 1. The highest BCUT2D eigenvalue weighted by Crippen LogP contribution is 2.21. The monoisotopic (exact) mass is 986 g/mol. The third-order valence-corrected chi connectivity index (χ3v) is 12.1. The Morgan fingerprint density at radius 2 is 1.46 bits per heavy atom. The van der Waals surface area contributed by atoms with Gasteiger partial charge >= 0.3 is 0 Å². The number of primary amides is 1. The number of H-pyrrole nitrogens is 1. The Balaban J connectivity index is 1.74. The molecule has 71 heavy (non-hydrogen) atoms. The molecule has 7 atom stereocenters. The second-order valence-electron chi connectivity index (χ2n) is 17.8. The van der Waals surface area contributed by atoms with Crippen LogP contribution in [-0.2, 0) is 56.0 Å². The van der Waals surface area contributed by atoms with Gasteiger partial charge < -0.3 is 65.1 Å². The number of unbranched alkanes of at least 4 members (excludes halogenated alkanes) is 1. The Labute approximate surface area is 413 Å². The number of benzene rings is 2. The van der Waals surface area contributed by atoms with Gasteiger partial charge in [0, 0.05) is 68.7 Å². The number of aromatic amines is 1. The number of aliphatic imine (C=N–C) groups is 1. The second kappa shape index (κ2) is 29.0. The SMILES string of the molecule is CCCC[C@H](NC(C)=O)C(=O)N[C@H]1CCC(=O)NCC[C@@H](C(=O)N[C@@H](Cc2c[nH]c3ccccc23)C(N)=O)CC(=O)[C@H](CCCN=C(N)N)NC(=O)[C@@H](Cc2ccccc2)NC(=O)[C@H](CCCN)NC1=O. The van der Waals surface area contributed by atoms with Crippen molar-refractivity contribution in [2.45, 2.75) is 134 Å². The minimum atomic E-state index is -1.39. The van der Waals surface area contributed by atoms with E-state index >= 15 is 0 Å². The Kier molecular flexibility index (Phi) is 22.9. The number of carbonyl (C=O) groups excluding carboxylic acids is 9. The number of amides is 8. The van der Waals surface area contributed by atoms with E-state index in [0.717, 1.165) is 10.9 Å². The van der Waals surface area contributed by atoms with E-state index in [1.54, 1.807) is 36.5 Å². The highest BCUT2D eigenvalue weighted by atomic mass is 16.2. The second-order valence-corrected chi connectivity index (χ2v) is 17.8. The standard InChI is InChI=1S/C49H71N13O9/c1-3-4-15-36(57-29(2)63)45(68)60-38-19-20-42(65)54-24-21-31(44(67)61-39(43(51)66)26-32-28-56-34-16-9-8-14-33(32)34)27-41(64)35(18-11-23-55-49(52)53)58-48(71)40(25-30-12-6-5-7-13-30)62-46(69)37(17-10-22-50)59-47(38)70/h5-9,12-14,16,28,31,35-40,56H,3-4,10-11,15,17-27,50H2,1-2H3,(H2,51,66)(H,54,65)(H,57,63)(H,58,71)(H,59,70)(H,60,68)(H,61,67)(H,62,69)(H4,52,53,55)/t31-,35+,36+,37+,38+,39+,40-/m1/s1. The summed E-state index contributed by atoms with van der Waals surface area (Å²) in [5, 5.41) is 19.8. The maximum absolute atomic E-state index is 14.5. The van der Waals surface area contributed by atoms with Crippen molar-refractivity contribution in [1.29, 1.82) is 0 Å². The first-order valence-corrected chi connectivity index (χ1v) is 24.2. The van der Waals surface area contributed by atoms with Crippen molar-refractivity contribution in [2.24, 2.45) is 33.8 Å². The third kappa shape index (κ3) is 18.8. The fraction of sp³-hybridized carbons (Fsp3) is 0.510. The van der Waals surface area contributed by atoms with Gasteiger partial charge in [-0.3, -0.25) is 48.1 Å². The Hall–Kier alpha value is -7.36. The van der Waals surface area contributed by atoms with E-state index in [2.05, 4.69) is 47.2 Å². The molecule has 1 fully saturated rings. The van der Waals surface area contributed by atoms with Gasteiger partial charge in [-0.2, -0.15) is 0 Å². The molecule has 1 saturated heterocycles. The minimum absolute atomic E-state index is 0.00638. The summed E-state index contributed by atoms with van der Waals surface area (Å²) in [6.45, 7) is 3.24.